The molecule has 29 heavy (non-hydrogen) atoms. The van der Waals surface area contributed by atoms with Crippen LogP contribution in [0.5, 0.6) is 11.5 Å². The number of rotatable bonds is 7. The molecule has 1 aromatic heterocycles. The molecular formula is C24H25FN2O2. The summed E-state index contributed by atoms with van der Waals surface area (Å²) >= 11 is 0. The Balaban J connectivity index is 1.91. The largest absolute Gasteiger partial charge is 0.491 e. The van der Waals surface area contributed by atoms with Gasteiger partial charge in [-0.15, -0.1) is 0 Å². The Morgan fingerprint density at radius 3 is 2.59 bits per heavy atom. The van der Waals surface area contributed by atoms with Crippen LogP contribution in [0, 0.1) is 12.7 Å². The molecule has 0 aliphatic heterocycles. The van der Waals surface area contributed by atoms with Crippen LogP contribution in [0.4, 0.5) is 10.1 Å². The minimum atomic E-state index is -0.284. The van der Waals surface area contributed by atoms with E-state index in [9.17, 15) is 4.39 Å². The first kappa shape index (κ1) is 20.5. The first-order valence-corrected chi connectivity index (χ1v) is 9.56. The quantitative estimate of drug-likeness (QED) is 0.461. The Morgan fingerprint density at radius 2 is 1.86 bits per heavy atom. The number of nitrogens with zero attached hydrogens (tertiary/aromatic N) is 2. The molecule has 1 heterocycles. The highest BCUT2D eigenvalue weighted by Gasteiger charge is 2.09. The van der Waals surface area contributed by atoms with Gasteiger partial charge in [0.15, 0.2) is 0 Å². The molecule has 0 saturated heterocycles. The zero-order chi connectivity index (χ0) is 20.8. The van der Waals surface area contributed by atoms with Crippen LogP contribution in [-0.2, 0) is 6.61 Å². The molecule has 0 aliphatic carbocycles. The van der Waals surface area contributed by atoms with Crippen LogP contribution in [0.2, 0.25) is 0 Å². The minimum Gasteiger partial charge on any atom is -0.491 e. The lowest BCUT2D eigenvalue weighted by Gasteiger charge is -2.15. The molecular weight excluding hydrogens is 367 g/mol. The van der Waals surface area contributed by atoms with Gasteiger partial charge in [0, 0.05) is 35.3 Å². The average molecular weight is 392 g/mol. The number of aliphatic imine (C=N–C) groups is 1. The fourth-order valence-electron chi connectivity index (χ4n) is 2.82. The van der Waals surface area contributed by atoms with E-state index in [0.29, 0.717) is 17.1 Å². The Morgan fingerprint density at radius 1 is 1.10 bits per heavy atom. The number of halogens is 1. The van der Waals surface area contributed by atoms with E-state index in [1.807, 2.05) is 52.0 Å². The van der Waals surface area contributed by atoms with Gasteiger partial charge in [-0.3, -0.25) is 9.98 Å². The lowest BCUT2D eigenvalue weighted by molar-refractivity contribution is 0.239. The van der Waals surface area contributed by atoms with Crippen molar-refractivity contribution in [3.05, 3.63) is 83.4 Å². The monoisotopic (exact) mass is 392 g/mol. The molecule has 0 aliphatic rings. The van der Waals surface area contributed by atoms with Gasteiger partial charge in [-0.05, 0) is 57.5 Å². The van der Waals surface area contributed by atoms with E-state index < -0.39 is 0 Å². The number of ether oxygens (including phenoxy) is 2. The number of pyridine rings is 1. The number of aryl methyl sites for hydroxylation is 1. The summed E-state index contributed by atoms with van der Waals surface area (Å²) in [6.07, 6.45) is 3.53. The molecule has 0 N–H and O–H groups in total. The second kappa shape index (κ2) is 9.32. The molecule has 0 saturated carbocycles. The summed E-state index contributed by atoms with van der Waals surface area (Å²) in [7, 11) is 0. The Bertz CT molecular complexity index is 1020. The summed E-state index contributed by atoms with van der Waals surface area (Å²) in [6.45, 7) is 7.98. The zero-order valence-electron chi connectivity index (χ0n) is 17.1. The van der Waals surface area contributed by atoms with Gasteiger partial charge in [0.2, 0.25) is 0 Å². The van der Waals surface area contributed by atoms with Crippen molar-refractivity contribution in [3.63, 3.8) is 0 Å². The molecule has 3 rings (SSSR count). The topological polar surface area (TPSA) is 43.7 Å². The highest BCUT2D eigenvalue weighted by atomic mass is 19.1. The van der Waals surface area contributed by atoms with E-state index in [0.717, 1.165) is 22.5 Å². The van der Waals surface area contributed by atoms with Crippen molar-refractivity contribution in [2.24, 2.45) is 4.99 Å². The maximum absolute atomic E-state index is 13.9. The van der Waals surface area contributed by atoms with E-state index in [2.05, 4.69) is 4.98 Å². The van der Waals surface area contributed by atoms with Crippen molar-refractivity contribution < 1.29 is 13.9 Å². The Labute approximate surface area is 171 Å². The summed E-state index contributed by atoms with van der Waals surface area (Å²) in [6, 6.07) is 14.1. The number of aromatic nitrogens is 1. The van der Waals surface area contributed by atoms with Gasteiger partial charge in [0.05, 0.1) is 11.8 Å². The van der Waals surface area contributed by atoms with E-state index in [1.54, 1.807) is 30.6 Å². The van der Waals surface area contributed by atoms with Gasteiger partial charge in [-0.1, -0.05) is 18.2 Å². The highest BCUT2D eigenvalue weighted by molar-refractivity contribution is 6.01. The molecule has 0 bridgehead atoms. The van der Waals surface area contributed by atoms with E-state index in [1.165, 1.54) is 6.07 Å². The van der Waals surface area contributed by atoms with Crippen molar-refractivity contribution >= 4 is 11.4 Å². The van der Waals surface area contributed by atoms with Crippen molar-refractivity contribution in [3.8, 4) is 11.5 Å². The number of benzene rings is 2. The van der Waals surface area contributed by atoms with Crippen LogP contribution in [-0.4, -0.2) is 16.8 Å². The van der Waals surface area contributed by atoms with Crippen LogP contribution >= 0.6 is 0 Å². The molecule has 0 atom stereocenters. The van der Waals surface area contributed by atoms with E-state index >= 15 is 0 Å². The third kappa shape index (κ3) is 5.64. The smallest absolute Gasteiger partial charge is 0.129 e. The van der Waals surface area contributed by atoms with E-state index in [-0.39, 0.29) is 18.5 Å². The van der Waals surface area contributed by atoms with Gasteiger partial charge in [0.25, 0.3) is 0 Å². The van der Waals surface area contributed by atoms with Gasteiger partial charge < -0.3 is 9.47 Å². The molecule has 3 aromatic rings. The average Bonchev–Trinajstić information content (AvgIpc) is 2.68. The lowest BCUT2D eigenvalue weighted by atomic mass is 10.1. The molecule has 150 valence electrons. The fraction of sp³-hybridized carbons (Fsp3) is 0.250. The third-order valence-corrected chi connectivity index (χ3v) is 4.30. The van der Waals surface area contributed by atoms with Crippen molar-refractivity contribution in [1.29, 1.82) is 0 Å². The maximum Gasteiger partial charge on any atom is 0.129 e. The molecule has 0 spiro atoms. The first-order chi connectivity index (χ1) is 13.9. The molecule has 0 amide bonds. The SMILES string of the molecule is C/C(=N\c1ccncc1C)c1cc(OCc2ccccc2F)cc(OC(C)C)c1. The Hall–Kier alpha value is -3.21. The first-order valence-electron chi connectivity index (χ1n) is 9.56. The predicted molar refractivity (Wildman–Crippen MR) is 114 cm³/mol. The standard InChI is InChI=1S/C24H25FN2O2/c1-16(2)29-22-12-20(18(4)27-24-9-10-26-14-17(24)3)11-21(13-22)28-15-19-7-5-6-8-23(19)25/h5-14,16H,15H2,1-4H3/b27-18+. The molecule has 0 fully saturated rings. The summed E-state index contributed by atoms with van der Waals surface area (Å²) < 4.78 is 25.7. The lowest BCUT2D eigenvalue weighted by Crippen LogP contribution is -2.07. The molecule has 2 aromatic carbocycles. The normalized spacial score (nSPS) is 11.6. The van der Waals surface area contributed by atoms with Gasteiger partial charge in [-0.2, -0.15) is 0 Å². The van der Waals surface area contributed by atoms with Gasteiger partial charge in [-0.25, -0.2) is 4.39 Å². The van der Waals surface area contributed by atoms with Crippen LogP contribution in [0.1, 0.15) is 37.5 Å². The van der Waals surface area contributed by atoms with E-state index in [4.69, 9.17) is 14.5 Å². The Kier molecular flexibility index (Phi) is 6.60. The predicted octanol–water partition coefficient (Wildman–Crippen LogP) is 6.04. The minimum absolute atomic E-state index is 0.0179. The zero-order valence-corrected chi connectivity index (χ0v) is 17.1. The highest BCUT2D eigenvalue weighted by Crippen LogP contribution is 2.27. The maximum atomic E-state index is 13.9. The second-order valence-corrected chi connectivity index (χ2v) is 7.10. The van der Waals surface area contributed by atoms with Crippen LogP contribution in [0.25, 0.3) is 0 Å². The van der Waals surface area contributed by atoms with Crippen molar-refractivity contribution in [2.75, 3.05) is 0 Å². The molecule has 0 unspecified atom stereocenters. The molecule has 5 heteroatoms. The van der Waals surface area contributed by atoms with Gasteiger partial charge in [0.1, 0.15) is 23.9 Å². The van der Waals surface area contributed by atoms with Gasteiger partial charge >= 0.3 is 0 Å². The van der Waals surface area contributed by atoms with Crippen LogP contribution in [0.3, 0.4) is 0 Å². The summed E-state index contributed by atoms with van der Waals surface area (Å²) in [5, 5.41) is 0. The summed E-state index contributed by atoms with van der Waals surface area (Å²) in [5.41, 5.74) is 4.06. The number of hydrogen-bond donors (Lipinski definition) is 0. The third-order valence-electron chi connectivity index (χ3n) is 4.30. The molecule has 0 radical (unpaired) electrons. The summed E-state index contributed by atoms with van der Waals surface area (Å²) in [5.74, 6) is 0.998. The van der Waals surface area contributed by atoms with Crippen LogP contribution < -0.4 is 9.47 Å². The number of hydrogen-bond acceptors (Lipinski definition) is 4. The van der Waals surface area contributed by atoms with Crippen LogP contribution in [0.15, 0.2) is 65.9 Å². The second-order valence-electron chi connectivity index (χ2n) is 7.10. The van der Waals surface area contributed by atoms with Crippen molar-refractivity contribution in [1.82, 2.24) is 4.98 Å². The molecule has 4 nitrogen and oxygen atoms in total. The fourth-order valence-corrected chi connectivity index (χ4v) is 2.82. The summed E-state index contributed by atoms with van der Waals surface area (Å²) in [4.78, 5) is 8.83. The van der Waals surface area contributed by atoms with Crippen molar-refractivity contribution in [2.45, 2.75) is 40.4 Å².